The van der Waals surface area contributed by atoms with Crippen molar-refractivity contribution in [2.45, 2.75) is 97.3 Å². The topological polar surface area (TPSA) is 29.1 Å². The van der Waals surface area contributed by atoms with E-state index in [9.17, 15) is 4.79 Å². The fraction of sp³-hybridized carbons (Fsp3) is 0.696. The van der Waals surface area contributed by atoms with E-state index in [0.717, 1.165) is 17.8 Å². The summed E-state index contributed by atoms with van der Waals surface area (Å²) in [7, 11) is 0. The normalized spacial score (nSPS) is 10.8. The molecule has 0 bridgehead atoms. The van der Waals surface area contributed by atoms with Gasteiger partial charge in [-0.15, -0.1) is 0 Å². The van der Waals surface area contributed by atoms with Gasteiger partial charge in [-0.05, 0) is 37.6 Å². The highest BCUT2D eigenvalue weighted by atomic mass is 16.1. The molecule has 0 aliphatic carbocycles. The summed E-state index contributed by atoms with van der Waals surface area (Å²) in [6, 6.07) is 7.79. The number of anilines is 1. The van der Waals surface area contributed by atoms with Gasteiger partial charge in [-0.1, -0.05) is 84.0 Å². The largest absolute Gasteiger partial charge is 0.385 e. The second-order valence-electron chi connectivity index (χ2n) is 7.30. The summed E-state index contributed by atoms with van der Waals surface area (Å²) in [5, 5.41) is 3.44. The van der Waals surface area contributed by atoms with Gasteiger partial charge in [0.2, 0.25) is 0 Å². The molecule has 142 valence electrons. The van der Waals surface area contributed by atoms with Crippen LogP contribution in [0.15, 0.2) is 24.3 Å². The molecule has 0 aliphatic heterocycles. The van der Waals surface area contributed by atoms with Crippen LogP contribution in [0, 0.1) is 0 Å². The van der Waals surface area contributed by atoms with E-state index >= 15 is 0 Å². The van der Waals surface area contributed by atoms with Crippen LogP contribution in [0.3, 0.4) is 0 Å². The zero-order chi connectivity index (χ0) is 18.2. The van der Waals surface area contributed by atoms with Gasteiger partial charge in [-0.3, -0.25) is 4.79 Å². The van der Waals surface area contributed by atoms with E-state index in [1.54, 1.807) is 6.92 Å². The standard InChI is InChI=1S/C23H39NO/c1-3-4-5-6-7-8-9-10-11-12-13-14-15-20-24-23-18-16-22(17-19-23)21(2)25/h16-19,24H,3-15,20H2,1-2H3. The van der Waals surface area contributed by atoms with Crippen molar-refractivity contribution in [3.05, 3.63) is 29.8 Å². The predicted octanol–water partition coefficient (Wildman–Crippen LogP) is 7.39. The number of nitrogens with one attached hydrogen (secondary N) is 1. The lowest BCUT2D eigenvalue weighted by molar-refractivity contribution is 0.101. The molecule has 0 fully saturated rings. The van der Waals surface area contributed by atoms with Gasteiger partial charge in [-0.25, -0.2) is 0 Å². The Morgan fingerprint density at radius 1 is 0.720 bits per heavy atom. The first kappa shape index (κ1) is 21.7. The van der Waals surface area contributed by atoms with E-state index in [-0.39, 0.29) is 5.78 Å². The van der Waals surface area contributed by atoms with Gasteiger partial charge in [0, 0.05) is 17.8 Å². The van der Waals surface area contributed by atoms with Crippen LogP contribution >= 0.6 is 0 Å². The molecule has 2 nitrogen and oxygen atoms in total. The zero-order valence-corrected chi connectivity index (χ0v) is 16.6. The van der Waals surface area contributed by atoms with E-state index < -0.39 is 0 Å². The van der Waals surface area contributed by atoms with Crippen LogP contribution in [0.1, 0.15) is 108 Å². The van der Waals surface area contributed by atoms with Gasteiger partial charge in [0.25, 0.3) is 0 Å². The van der Waals surface area contributed by atoms with Crippen molar-refractivity contribution in [2.24, 2.45) is 0 Å². The van der Waals surface area contributed by atoms with Gasteiger partial charge in [0.1, 0.15) is 0 Å². The number of ketones is 1. The highest BCUT2D eigenvalue weighted by Gasteiger charge is 1.98. The third kappa shape index (κ3) is 11.8. The van der Waals surface area contributed by atoms with E-state index in [1.165, 1.54) is 83.5 Å². The molecule has 0 aromatic heterocycles. The fourth-order valence-electron chi connectivity index (χ4n) is 3.20. The summed E-state index contributed by atoms with van der Waals surface area (Å²) < 4.78 is 0. The van der Waals surface area contributed by atoms with Crippen LogP contribution in [0.2, 0.25) is 0 Å². The zero-order valence-electron chi connectivity index (χ0n) is 16.6. The first-order valence-electron chi connectivity index (χ1n) is 10.6. The van der Waals surface area contributed by atoms with Gasteiger partial charge >= 0.3 is 0 Å². The summed E-state index contributed by atoms with van der Waals surface area (Å²) in [4.78, 5) is 11.2. The van der Waals surface area contributed by atoms with Crippen molar-refractivity contribution in [3.8, 4) is 0 Å². The molecule has 25 heavy (non-hydrogen) atoms. The van der Waals surface area contributed by atoms with Gasteiger partial charge in [0.15, 0.2) is 5.78 Å². The Hall–Kier alpha value is -1.31. The second-order valence-corrected chi connectivity index (χ2v) is 7.30. The van der Waals surface area contributed by atoms with Crippen LogP contribution in [0.5, 0.6) is 0 Å². The van der Waals surface area contributed by atoms with Crippen LogP contribution in [0.25, 0.3) is 0 Å². The third-order valence-electron chi connectivity index (χ3n) is 4.90. The Morgan fingerprint density at radius 2 is 1.16 bits per heavy atom. The first-order chi connectivity index (χ1) is 12.2. The molecule has 1 N–H and O–H groups in total. The van der Waals surface area contributed by atoms with Crippen molar-refractivity contribution in [1.82, 2.24) is 0 Å². The lowest BCUT2D eigenvalue weighted by Crippen LogP contribution is -2.01. The molecule has 0 unspecified atom stereocenters. The summed E-state index contributed by atoms with van der Waals surface area (Å²) in [6.45, 7) is 4.91. The maximum absolute atomic E-state index is 11.2. The Labute approximate surface area is 155 Å². The molecule has 0 amide bonds. The minimum atomic E-state index is 0.128. The van der Waals surface area contributed by atoms with Crippen LogP contribution in [0.4, 0.5) is 5.69 Å². The summed E-state index contributed by atoms with van der Waals surface area (Å²) in [5.41, 5.74) is 1.90. The number of hydrogen-bond acceptors (Lipinski definition) is 2. The number of unbranched alkanes of at least 4 members (excludes halogenated alkanes) is 12. The van der Waals surface area contributed by atoms with Crippen molar-refractivity contribution in [2.75, 3.05) is 11.9 Å². The van der Waals surface area contributed by atoms with Crippen molar-refractivity contribution in [3.63, 3.8) is 0 Å². The Balaban J connectivity index is 1.85. The SMILES string of the molecule is CCCCCCCCCCCCCCCNc1ccc(C(C)=O)cc1. The molecule has 0 saturated carbocycles. The first-order valence-corrected chi connectivity index (χ1v) is 10.6. The van der Waals surface area contributed by atoms with Crippen LogP contribution in [-0.4, -0.2) is 12.3 Å². The van der Waals surface area contributed by atoms with Gasteiger partial charge in [-0.2, -0.15) is 0 Å². The summed E-state index contributed by atoms with van der Waals surface area (Å²) in [5.74, 6) is 0.128. The number of hydrogen-bond donors (Lipinski definition) is 1. The minimum Gasteiger partial charge on any atom is -0.385 e. The Kier molecular flexibility index (Phi) is 13.0. The molecule has 1 rings (SSSR count). The lowest BCUT2D eigenvalue weighted by atomic mass is 10.0. The molecule has 0 saturated heterocycles. The molecule has 2 heteroatoms. The molecule has 0 aliphatic rings. The molecular weight excluding hydrogens is 306 g/mol. The van der Waals surface area contributed by atoms with Gasteiger partial charge < -0.3 is 5.32 Å². The molecular formula is C23H39NO. The smallest absolute Gasteiger partial charge is 0.159 e. The average Bonchev–Trinajstić information content (AvgIpc) is 2.62. The fourth-order valence-corrected chi connectivity index (χ4v) is 3.20. The van der Waals surface area contributed by atoms with E-state index in [4.69, 9.17) is 0 Å². The van der Waals surface area contributed by atoms with Crippen LogP contribution < -0.4 is 5.32 Å². The van der Waals surface area contributed by atoms with E-state index in [0.29, 0.717) is 0 Å². The van der Waals surface area contributed by atoms with Crippen LogP contribution in [-0.2, 0) is 0 Å². The second kappa shape index (κ2) is 15.0. The molecule has 1 aromatic carbocycles. The highest BCUT2D eigenvalue weighted by molar-refractivity contribution is 5.94. The Bertz CT molecular complexity index is 438. The average molecular weight is 346 g/mol. The predicted molar refractivity (Wildman–Crippen MR) is 111 cm³/mol. The maximum Gasteiger partial charge on any atom is 0.159 e. The molecule has 1 aromatic rings. The molecule has 0 spiro atoms. The van der Waals surface area contributed by atoms with Crippen molar-refractivity contribution >= 4 is 11.5 Å². The minimum absolute atomic E-state index is 0.128. The Morgan fingerprint density at radius 3 is 1.60 bits per heavy atom. The van der Waals surface area contributed by atoms with E-state index in [2.05, 4.69) is 12.2 Å². The highest BCUT2D eigenvalue weighted by Crippen LogP contribution is 2.13. The molecule has 0 radical (unpaired) electrons. The number of benzene rings is 1. The van der Waals surface area contributed by atoms with E-state index in [1.807, 2.05) is 24.3 Å². The molecule has 0 atom stereocenters. The lowest BCUT2D eigenvalue weighted by Gasteiger charge is -2.07. The molecule has 0 heterocycles. The number of Topliss-reactive ketones (excluding diaryl/α,β-unsaturated/α-hetero) is 1. The van der Waals surface area contributed by atoms with Crippen molar-refractivity contribution in [1.29, 1.82) is 0 Å². The summed E-state index contributed by atoms with van der Waals surface area (Å²) in [6.07, 6.45) is 18.1. The van der Waals surface area contributed by atoms with Crippen molar-refractivity contribution < 1.29 is 4.79 Å². The number of carbonyl (C=O) groups is 1. The monoisotopic (exact) mass is 345 g/mol. The third-order valence-corrected chi connectivity index (χ3v) is 4.90. The number of carbonyl (C=O) groups excluding carboxylic acids is 1. The number of rotatable bonds is 16. The summed E-state index contributed by atoms with van der Waals surface area (Å²) >= 11 is 0. The maximum atomic E-state index is 11.2. The quantitative estimate of drug-likeness (QED) is 0.250. The van der Waals surface area contributed by atoms with Gasteiger partial charge in [0.05, 0.1) is 0 Å².